The number of nitrogens with zero attached hydrogens (tertiary/aromatic N) is 1. The quantitative estimate of drug-likeness (QED) is 0.659. The van der Waals surface area contributed by atoms with Crippen molar-refractivity contribution in [3.63, 3.8) is 0 Å². The van der Waals surface area contributed by atoms with Gasteiger partial charge in [-0.2, -0.15) is 0 Å². The summed E-state index contributed by atoms with van der Waals surface area (Å²) in [7, 11) is 0. The van der Waals surface area contributed by atoms with Crippen LogP contribution in [-0.4, -0.2) is 22.2 Å². The molecule has 6 heteroatoms. The van der Waals surface area contributed by atoms with Gasteiger partial charge in [-0.1, -0.05) is 6.92 Å². The maximum atomic E-state index is 11.2. The molecule has 0 spiro atoms. The van der Waals surface area contributed by atoms with E-state index in [1.807, 2.05) is 6.92 Å². The number of alkyl halides is 1. The second-order valence-corrected chi connectivity index (χ2v) is 4.51. The lowest BCUT2D eigenvalue weighted by Crippen LogP contribution is -2.12. The highest BCUT2D eigenvalue weighted by atomic mass is 35.5. The van der Waals surface area contributed by atoms with E-state index in [1.54, 1.807) is 0 Å². The lowest BCUT2D eigenvalue weighted by Gasteiger charge is -2.12. The van der Waals surface area contributed by atoms with Gasteiger partial charge in [0.25, 0.3) is 0 Å². The molecular formula is C11H14ClNO4. The van der Waals surface area contributed by atoms with Crippen LogP contribution >= 0.6 is 11.6 Å². The molecule has 1 aliphatic heterocycles. The average molecular weight is 260 g/mol. The first kappa shape index (κ1) is 12.4. The van der Waals surface area contributed by atoms with Crippen LogP contribution in [0.25, 0.3) is 0 Å². The first-order valence-electron chi connectivity index (χ1n) is 5.49. The SMILES string of the molecule is CC1C[C@H](C[C@@H](O)c2coc(CCl)n2)OC1=O. The van der Waals surface area contributed by atoms with Gasteiger partial charge in [-0.25, -0.2) is 4.98 Å². The molecular weight excluding hydrogens is 246 g/mol. The van der Waals surface area contributed by atoms with Crippen LogP contribution in [0.5, 0.6) is 0 Å². The van der Waals surface area contributed by atoms with Gasteiger partial charge in [0, 0.05) is 6.42 Å². The van der Waals surface area contributed by atoms with E-state index in [4.69, 9.17) is 20.8 Å². The fourth-order valence-corrected chi connectivity index (χ4v) is 2.00. The number of aliphatic hydroxyl groups is 1. The third-order valence-electron chi connectivity index (χ3n) is 2.81. The number of hydrogen-bond acceptors (Lipinski definition) is 5. The summed E-state index contributed by atoms with van der Waals surface area (Å²) < 4.78 is 10.1. The Morgan fingerprint density at radius 2 is 2.47 bits per heavy atom. The minimum atomic E-state index is -0.793. The zero-order valence-electron chi connectivity index (χ0n) is 9.43. The molecule has 3 atom stereocenters. The molecule has 0 saturated carbocycles. The van der Waals surface area contributed by atoms with Crippen molar-refractivity contribution in [1.29, 1.82) is 0 Å². The topological polar surface area (TPSA) is 72.6 Å². The van der Waals surface area contributed by atoms with Gasteiger partial charge in [-0.3, -0.25) is 4.79 Å². The van der Waals surface area contributed by atoms with E-state index in [-0.39, 0.29) is 23.9 Å². The highest BCUT2D eigenvalue weighted by molar-refractivity contribution is 6.16. The van der Waals surface area contributed by atoms with Gasteiger partial charge >= 0.3 is 5.97 Å². The number of cyclic esters (lactones) is 1. The second-order valence-electron chi connectivity index (χ2n) is 4.25. The molecule has 1 aromatic heterocycles. The third-order valence-corrected chi connectivity index (χ3v) is 3.04. The molecule has 0 aromatic carbocycles. The molecule has 0 bridgehead atoms. The van der Waals surface area contributed by atoms with Gasteiger partial charge in [-0.15, -0.1) is 11.6 Å². The van der Waals surface area contributed by atoms with Gasteiger partial charge < -0.3 is 14.3 Å². The number of aromatic nitrogens is 1. The first-order chi connectivity index (χ1) is 8.10. The Balaban J connectivity index is 1.93. The Hall–Kier alpha value is -1.07. The Labute approximate surface area is 104 Å². The minimum Gasteiger partial charge on any atom is -0.462 e. The number of carbonyl (C=O) groups is 1. The molecule has 1 aromatic rings. The molecule has 94 valence electrons. The highest BCUT2D eigenvalue weighted by Gasteiger charge is 2.33. The van der Waals surface area contributed by atoms with Crippen LogP contribution in [0.15, 0.2) is 10.7 Å². The van der Waals surface area contributed by atoms with Crippen LogP contribution in [0.3, 0.4) is 0 Å². The Morgan fingerprint density at radius 1 is 1.71 bits per heavy atom. The number of oxazole rings is 1. The Bertz CT molecular complexity index is 406. The van der Waals surface area contributed by atoms with Crippen molar-refractivity contribution in [2.45, 2.75) is 37.9 Å². The number of hydrogen-bond donors (Lipinski definition) is 1. The molecule has 1 aliphatic rings. The molecule has 0 amide bonds. The van der Waals surface area contributed by atoms with E-state index in [1.165, 1.54) is 6.26 Å². The highest BCUT2D eigenvalue weighted by Crippen LogP contribution is 2.28. The fraction of sp³-hybridized carbons (Fsp3) is 0.636. The maximum Gasteiger partial charge on any atom is 0.309 e. The molecule has 1 N–H and O–H groups in total. The van der Waals surface area contributed by atoms with Gasteiger partial charge in [0.2, 0.25) is 5.89 Å². The van der Waals surface area contributed by atoms with Gasteiger partial charge in [0.1, 0.15) is 24.2 Å². The predicted molar refractivity (Wildman–Crippen MR) is 59.3 cm³/mol. The molecule has 2 heterocycles. The van der Waals surface area contributed by atoms with Crippen molar-refractivity contribution < 1.29 is 19.1 Å². The van der Waals surface area contributed by atoms with Crippen LogP contribution in [0.2, 0.25) is 0 Å². The molecule has 1 unspecified atom stereocenters. The predicted octanol–water partition coefficient (Wildman–Crippen LogP) is 1.79. The van der Waals surface area contributed by atoms with E-state index < -0.39 is 6.10 Å². The summed E-state index contributed by atoms with van der Waals surface area (Å²) in [5.41, 5.74) is 0.427. The fourth-order valence-electron chi connectivity index (χ4n) is 1.87. The normalized spacial score (nSPS) is 25.9. The standard InChI is InChI=1S/C11H14ClNO4/c1-6-2-7(17-11(6)15)3-9(14)8-5-16-10(4-12)13-8/h5-7,9,14H,2-4H2,1H3/t6?,7-,9-/m1/s1. The number of ether oxygens (including phenoxy) is 1. The molecule has 0 radical (unpaired) electrons. The monoisotopic (exact) mass is 259 g/mol. The average Bonchev–Trinajstić information content (AvgIpc) is 2.87. The Kier molecular flexibility index (Phi) is 3.69. The van der Waals surface area contributed by atoms with Crippen LogP contribution < -0.4 is 0 Å². The van der Waals surface area contributed by atoms with Crippen molar-refractivity contribution in [3.8, 4) is 0 Å². The van der Waals surface area contributed by atoms with Crippen molar-refractivity contribution >= 4 is 17.6 Å². The minimum absolute atomic E-state index is 0.0945. The van der Waals surface area contributed by atoms with E-state index >= 15 is 0 Å². The summed E-state index contributed by atoms with van der Waals surface area (Å²) in [6, 6.07) is 0. The van der Waals surface area contributed by atoms with E-state index in [2.05, 4.69) is 4.98 Å². The van der Waals surface area contributed by atoms with Gasteiger partial charge in [0.05, 0.1) is 11.8 Å². The molecule has 2 rings (SSSR count). The van der Waals surface area contributed by atoms with Crippen molar-refractivity contribution in [3.05, 3.63) is 17.8 Å². The van der Waals surface area contributed by atoms with E-state index in [0.29, 0.717) is 24.4 Å². The summed E-state index contributed by atoms with van der Waals surface area (Å²) in [5, 5.41) is 9.91. The van der Waals surface area contributed by atoms with Crippen LogP contribution in [0.4, 0.5) is 0 Å². The molecule has 5 nitrogen and oxygen atoms in total. The summed E-state index contributed by atoms with van der Waals surface area (Å²) in [5.74, 6) is 0.242. The lowest BCUT2D eigenvalue weighted by molar-refractivity contribution is -0.144. The number of rotatable bonds is 4. The first-order valence-corrected chi connectivity index (χ1v) is 6.02. The number of halogens is 1. The Morgan fingerprint density at radius 3 is 3.00 bits per heavy atom. The number of esters is 1. The van der Waals surface area contributed by atoms with Crippen molar-refractivity contribution in [2.24, 2.45) is 5.92 Å². The number of aliphatic hydroxyl groups excluding tert-OH is 1. The van der Waals surface area contributed by atoms with Crippen molar-refractivity contribution in [1.82, 2.24) is 4.98 Å². The van der Waals surface area contributed by atoms with Crippen LogP contribution in [-0.2, 0) is 15.4 Å². The molecule has 1 saturated heterocycles. The van der Waals surface area contributed by atoms with E-state index in [9.17, 15) is 9.90 Å². The lowest BCUT2D eigenvalue weighted by atomic mass is 10.0. The van der Waals surface area contributed by atoms with Crippen molar-refractivity contribution in [2.75, 3.05) is 0 Å². The summed E-state index contributed by atoms with van der Waals surface area (Å²) in [6.45, 7) is 1.82. The second kappa shape index (κ2) is 5.06. The summed E-state index contributed by atoms with van der Waals surface area (Å²) >= 11 is 5.55. The molecule has 17 heavy (non-hydrogen) atoms. The summed E-state index contributed by atoms with van der Waals surface area (Å²) in [6.07, 6.45) is 1.31. The maximum absolute atomic E-state index is 11.2. The molecule has 1 fully saturated rings. The number of carbonyl (C=O) groups excluding carboxylic acids is 1. The third kappa shape index (κ3) is 2.79. The molecule has 0 aliphatic carbocycles. The van der Waals surface area contributed by atoms with Crippen LogP contribution in [0.1, 0.15) is 37.5 Å². The zero-order valence-corrected chi connectivity index (χ0v) is 10.2. The van der Waals surface area contributed by atoms with Gasteiger partial charge in [0.15, 0.2) is 0 Å². The zero-order chi connectivity index (χ0) is 12.4. The van der Waals surface area contributed by atoms with E-state index in [0.717, 1.165) is 0 Å². The summed E-state index contributed by atoms with van der Waals surface area (Å²) in [4.78, 5) is 15.2. The van der Waals surface area contributed by atoms with Gasteiger partial charge in [-0.05, 0) is 6.42 Å². The smallest absolute Gasteiger partial charge is 0.309 e. The van der Waals surface area contributed by atoms with Crippen LogP contribution in [0, 0.1) is 5.92 Å². The largest absolute Gasteiger partial charge is 0.462 e.